The van der Waals surface area contributed by atoms with E-state index in [4.69, 9.17) is 0 Å². The highest BCUT2D eigenvalue weighted by molar-refractivity contribution is 5.99. The standard InChI is InChI=1S/C12H16N4O3/c1-12(4-3-5-12)15-11(17)9-6-8(16(18)19)7-14-10(9)13-2/h6-7H,3-5H2,1-2H3,(H,13,14)(H,15,17). The average molecular weight is 264 g/mol. The molecule has 102 valence electrons. The molecular weight excluding hydrogens is 248 g/mol. The second-order valence-corrected chi connectivity index (χ2v) is 4.97. The molecule has 1 saturated carbocycles. The van der Waals surface area contributed by atoms with Crippen LogP contribution in [0.15, 0.2) is 12.3 Å². The first-order valence-electron chi connectivity index (χ1n) is 6.10. The van der Waals surface area contributed by atoms with Crippen molar-refractivity contribution in [3.63, 3.8) is 0 Å². The molecule has 7 nitrogen and oxygen atoms in total. The van der Waals surface area contributed by atoms with Crippen molar-refractivity contribution in [2.24, 2.45) is 0 Å². The van der Waals surface area contributed by atoms with Gasteiger partial charge in [-0.25, -0.2) is 4.98 Å². The Bertz CT molecular complexity index is 526. The lowest BCUT2D eigenvalue weighted by atomic mass is 9.78. The fourth-order valence-electron chi connectivity index (χ4n) is 2.10. The lowest BCUT2D eigenvalue weighted by Crippen LogP contribution is -2.51. The molecule has 1 fully saturated rings. The number of pyridine rings is 1. The first kappa shape index (κ1) is 13.3. The number of hydrogen-bond acceptors (Lipinski definition) is 5. The van der Waals surface area contributed by atoms with Crippen LogP contribution >= 0.6 is 0 Å². The number of nitro groups is 1. The summed E-state index contributed by atoms with van der Waals surface area (Å²) < 4.78 is 0. The molecule has 0 saturated heterocycles. The molecular formula is C12H16N4O3. The zero-order chi connectivity index (χ0) is 14.0. The molecule has 2 N–H and O–H groups in total. The van der Waals surface area contributed by atoms with Crippen LogP contribution in [0.3, 0.4) is 0 Å². The predicted molar refractivity (Wildman–Crippen MR) is 70.2 cm³/mol. The van der Waals surface area contributed by atoms with Crippen molar-refractivity contribution in [1.82, 2.24) is 10.3 Å². The Morgan fingerprint density at radius 2 is 2.21 bits per heavy atom. The van der Waals surface area contributed by atoms with Crippen LogP contribution in [-0.4, -0.2) is 28.4 Å². The second-order valence-electron chi connectivity index (χ2n) is 4.97. The first-order valence-corrected chi connectivity index (χ1v) is 6.10. The van der Waals surface area contributed by atoms with Crippen LogP contribution in [0.25, 0.3) is 0 Å². The Kier molecular flexibility index (Phi) is 3.37. The van der Waals surface area contributed by atoms with Gasteiger partial charge < -0.3 is 10.6 Å². The third-order valence-electron chi connectivity index (χ3n) is 3.44. The minimum Gasteiger partial charge on any atom is -0.372 e. The number of nitrogens with one attached hydrogen (secondary N) is 2. The lowest BCUT2D eigenvalue weighted by Gasteiger charge is -2.39. The van der Waals surface area contributed by atoms with Gasteiger partial charge in [0.05, 0.1) is 10.5 Å². The summed E-state index contributed by atoms with van der Waals surface area (Å²) in [6.45, 7) is 1.97. The molecule has 1 heterocycles. The molecule has 0 spiro atoms. The summed E-state index contributed by atoms with van der Waals surface area (Å²) in [6.07, 6.45) is 4.07. The quantitative estimate of drug-likeness (QED) is 0.637. The first-order chi connectivity index (χ1) is 8.95. The van der Waals surface area contributed by atoms with Gasteiger partial charge in [0.15, 0.2) is 0 Å². The number of hydrogen-bond donors (Lipinski definition) is 2. The molecule has 1 aromatic rings. The Morgan fingerprint density at radius 1 is 1.53 bits per heavy atom. The number of anilines is 1. The van der Waals surface area contributed by atoms with Crippen molar-refractivity contribution in [3.8, 4) is 0 Å². The molecule has 0 radical (unpaired) electrons. The van der Waals surface area contributed by atoms with Gasteiger partial charge >= 0.3 is 0 Å². The minimum absolute atomic E-state index is 0.192. The van der Waals surface area contributed by atoms with Gasteiger partial charge in [0.2, 0.25) is 0 Å². The Morgan fingerprint density at radius 3 is 2.68 bits per heavy atom. The molecule has 0 aromatic carbocycles. The normalized spacial score (nSPS) is 16.3. The van der Waals surface area contributed by atoms with Crippen LogP contribution in [0.2, 0.25) is 0 Å². The summed E-state index contributed by atoms with van der Waals surface area (Å²) in [7, 11) is 1.62. The van der Waals surface area contributed by atoms with Gasteiger partial charge in [-0.3, -0.25) is 14.9 Å². The molecule has 0 unspecified atom stereocenters. The average Bonchev–Trinajstić information content (AvgIpc) is 2.35. The molecule has 1 aliphatic rings. The summed E-state index contributed by atoms with van der Waals surface area (Å²) in [5.41, 5.74) is -0.195. The van der Waals surface area contributed by atoms with Crippen LogP contribution in [0.5, 0.6) is 0 Å². The fourth-order valence-corrected chi connectivity index (χ4v) is 2.10. The highest BCUT2D eigenvalue weighted by Crippen LogP contribution is 2.31. The smallest absolute Gasteiger partial charge is 0.288 e. The van der Waals surface area contributed by atoms with E-state index in [0.717, 1.165) is 25.5 Å². The topological polar surface area (TPSA) is 97.2 Å². The van der Waals surface area contributed by atoms with E-state index in [1.165, 1.54) is 6.07 Å². The van der Waals surface area contributed by atoms with Crippen LogP contribution in [-0.2, 0) is 0 Å². The van der Waals surface area contributed by atoms with E-state index in [9.17, 15) is 14.9 Å². The highest BCUT2D eigenvalue weighted by atomic mass is 16.6. The third-order valence-corrected chi connectivity index (χ3v) is 3.44. The molecule has 0 bridgehead atoms. The number of rotatable bonds is 4. The maximum absolute atomic E-state index is 12.2. The van der Waals surface area contributed by atoms with Crippen molar-refractivity contribution in [1.29, 1.82) is 0 Å². The number of carbonyl (C=O) groups excluding carboxylic acids is 1. The molecule has 7 heteroatoms. The molecule has 0 atom stereocenters. The third kappa shape index (κ3) is 2.64. The highest BCUT2D eigenvalue weighted by Gasteiger charge is 2.34. The second kappa shape index (κ2) is 4.83. The van der Waals surface area contributed by atoms with Crippen LogP contribution in [0.4, 0.5) is 11.5 Å². The Hall–Kier alpha value is -2.18. The van der Waals surface area contributed by atoms with Crippen LogP contribution < -0.4 is 10.6 Å². The van der Waals surface area contributed by atoms with E-state index in [0.29, 0.717) is 5.82 Å². The molecule has 1 aliphatic carbocycles. The summed E-state index contributed by atoms with van der Waals surface area (Å²) in [5.74, 6) is 0.00812. The maximum Gasteiger partial charge on any atom is 0.288 e. The van der Waals surface area contributed by atoms with Gasteiger partial charge in [-0.15, -0.1) is 0 Å². The predicted octanol–water partition coefficient (Wildman–Crippen LogP) is 1.70. The number of carbonyl (C=O) groups is 1. The number of amides is 1. The molecule has 2 rings (SSSR count). The van der Waals surface area contributed by atoms with Gasteiger partial charge in [-0.05, 0) is 26.2 Å². The summed E-state index contributed by atoms with van der Waals surface area (Å²) in [5, 5.41) is 16.4. The SMILES string of the molecule is CNc1ncc([N+](=O)[O-])cc1C(=O)NC1(C)CCC1. The van der Waals surface area contributed by atoms with Gasteiger partial charge in [0, 0.05) is 18.7 Å². The monoisotopic (exact) mass is 264 g/mol. The fraction of sp³-hybridized carbons (Fsp3) is 0.500. The van der Waals surface area contributed by atoms with E-state index in [2.05, 4.69) is 15.6 Å². The van der Waals surface area contributed by atoms with Crippen LogP contribution in [0.1, 0.15) is 36.5 Å². The van der Waals surface area contributed by atoms with E-state index in [1.807, 2.05) is 6.92 Å². The molecule has 19 heavy (non-hydrogen) atoms. The Balaban J connectivity index is 2.28. The van der Waals surface area contributed by atoms with Crippen molar-refractivity contribution in [2.45, 2.75) is 31.7 Å². The minimum atomic E-state index is -0.561. The summed E-state index contributed by atoms with van der Waals surface area (Å²) in [6, 6.07) is 1.25. The van der Waals surface area contributed by atoms with Gasteiger partial charge in [0.25, 0.3) is 11.6 Å². The van der Waals surface area contributed by atoms with Gasteiger partial charge in [-0.2, -0.15) is 0 Å². The summed E-state index contributed by atoms with van der Waals surface area (Å²) in [4.78, 5) is 26.3. The van der Waals surface area contributed by atoms with Crippen molar-refractivity contribution in [2.75, 3.05) is 12.4 Å². The van der Waals surface area contributed by atoms with Crippen molar-refractivity contribution >= 4 is 17.4 Å². The van der Waals surface area contributed by atoms with Gasteiger partial charge in [-0.1, -0.05) is 0 Å². The van der Waals surface area contributed by atoms with E-state index >= 15 is 0 Å². The molecule has 1 amide bonds. The van der Waals surface area contributed by atoms with Crippen molar-refractivity contribution in [3.05, 3.63) is 27.9 Å². The van der Waals surface area contributed by atoms with E-state index < -0.39 is 4.92 Å². The zero-order valence-electron chi connectivity index (χ0n) is 10.9. The lowest BCUT2D eigenvalue weighted by molar-refractivity contribution is -0.385. The number of aromatic nitrogens is 1. The maximum atomic E-state index is 12.2. The van der Waals surface area contributed by atoms with E-state index in [-0.39, 0.29) is 22.7 Å². The molecule has 1 aromatic heterocycles. The van der Waals surface area contributed by atoms with Gasteiger partial charge in [0.1, 0.15) is 12.0 Å². The van der Waals surface area contributed by atoms with Crippen molar-refractivity contribution < 1.29 is 9.72 Å². The van der Waals surface area contributed by atoms with E-state index in [1.54, 1.807) is 7.05 Å². The Labute approximate surface area is 110 Å². The molecule has 0 aliphatic heterocycles. The largest absolute Gasteiger partial charge is 0.372 e. The number of nitrogens with zero attached hydrogens (tertiary/aromatic N) is 2. The zero-order valence-corrected chi connectivity index (χ0v) is 10.9. The summed E-state index contributed by atoms with van der Waals surface area (Å²) >= 11 is 0. The van der Waals surface area contributed by atoms with Crippen LogP contribution in [0, 0.1) is 10.1 Å².